The van der Waals surface area contributed by atoms with Gasteiger partial charge >= 0.3 is 0 Å². The van der Waals surface area contributed by atoms with Gasteiger partial charge in [0, 0.05) is 10.9 Å². The minimum atomic E-state index is -0.0700. The van der Waals surface area contributed by atoms with Gasteiger partial charge in [-0.2, -0.15) is 15.0 Å². The van der Waals surface area contributed by atoms with E-state index in [9.17, 15) is 4.79 Å². The molecule has 2 aromatic carbocycles. The summed E-state index contributed by atoms with van der Waals surface area (Å²) in [5, 5.41) is 11.4. The third kappa shape index (κ3) is 2.91. The Hall–Kier alpha value is -3.58. The lowest BCUT2D eigenvalue weighted by Gasteiger charge is -2.04. The molecular formula is C21H15N5OS. The standard InChI is InChI=1S/C21H15N5OS/c27-21-19-18(15-7-3-1-4-8-15)13-28-20(19)22-14-25(21)12-16-11-23-26(24-16)17-9-5-2-6-10-17/h1-11,13-14H,12H2. The zero-order valence-corrected chi connectivity index (χ0v) is 15.6. The molecule has 0 atom stereocenters. The van der Waals surface area contributed by atoms with Crippen LogP contribution in [-0.2, 0) is 6.54 Å². The van der Waals surface area contributed by atoms with Crippen LogP contribution in [-0.4, -0.2) is 24.5 Å². The van der Waals surface area contributed by atoms with Gasteiger partial charge in [0.2, 0.25) is 0 Å². The van der Waals surface area contributed by atoms with E-state index in [1.54, 1.807) is 21.9 Å². The van der Waals surface area contributed by atoms with Crippen LogP contribution in [0.3, 0.4) is 0 Å². The summed E-state index contributed by atoms with van der Waals surface area (Å²) in [6.07, 6.45) is 3.26. The highest BCUT2D eigenvalue weighted by atomic mass is 32.1. The van der Waals surface area contributed by atoms with Crippen LogP contribution in [0.2, 0.25) is 0 Å². The number of para-hydroxylation sites is 1. The van der Waals surface area contributed by atoms with Crippen LogP contribution < -0.4 is 5.56 Å². The molecule has 0 aliphatic rings. The van der Waals surface area contributed by atoms with E-state index in [1.165, 1.54) is 11.3 Å². The molecule has 3 heterocycles. The Kier molecular flexibility index (Phi) is 4.06. The maximum atomic E-state index is 13.1. The summed E-state index contributed by atoms with van der Waals surface area (Å²) in [7, 11) is 0. The molecule has 0 N–H and O–H groups in total. The third-order valence-corrected chi connectivity index (χ3v) is 5.39. The van der Waals surface area contributed by atoms with Crippen molar-refractivity contribution >= 4 is 21.6 Å². The van der Waals surface area contributed by atoms with E-state index in [0.29, 0.717) is 17.6 Å². The Morgan fingerprint density at radius 1 is 0.964 bits per heavy atom. The average Bonchev–Trinajstić information content (AvgIpc) is 3.39. The molecule has 7 heteroatoms. The van der Waals surface area contributed by atoms with Crippen molar-refractivity contribution in [2.24, 2.45) is 0 Å². The number of rotatable bonds is 4. The van der Waals surface area contributed by atoms with Gasteiger partial charge in [-0.05, 0) is 17.7 Å². The molecule has 5 rings (SSSR count). The second-order valence-electron chi connectivity index (χ2n) is 6.33. The molecule has 0 spiro atoms. The maximum absolute atomic E-state index is 13.1. The predicted molar refractivity (Wildman–Crippen MR) is 110 cm³/mol. The van der Waals surface area contributed by atoms with E-state index in [0.717, 1.165) is 21.6 Å². The smallest absolute Gasteiger partial charge is 0.263 e. The summed E-state index contributed by atoms with van der Waals surface area (Å²) in [5.74, 6) is 0. The molecule has 0 unspecified atom stereocenters. The van der Waals surface area contributed by atoms with E-state index >= 15 is 0 Å². The minimum Gasteiger partial charge on any atom is -0.292 e. The summed E-state index contributed by atoms with van der Waals surface area (Å²) < 4.78 is 1.58. The zero-order chi connectivity index (χ0) is 18.9. The Labute approximate surface area is 164 Å². The van der Waals surface area contributed by atoms with Crippen molar-refractivity contribution in [1.29, 1.82) is 0 Å². The van der Waals surface area contributed by atoms with E-state index in [1.807, 2.05) is 66.0 Å². The lowest BCUT2D eigenvalue weighted by atomic mass is 10.1. The monoisotopic (exact) mass is 385 g/mol. The highest BCUT2D eigenvalue weighted by Gasteiger charge is 2.14. The van der Waals surface area contributed by atoms with Crippen LogP contribution >= 0.6 is 11.3 Å². The van der Waals surface area contributed by atoms with Crippen molar-refractivity contribution in [3.8, 4) is 16.8 Å². The molecule has 0 fully saturated rings. The minimum absolute atomic E-state index is 0.0700. The molecule has 0 saturated heterocycles. The lowest BCUT2D eigenvalue weighted by molar-refractivity contribution is 0.694. The second kappa shape index (κ2) is 6.86. The zero-order valence-electron chi connectivity index (χ0n) is 14.8. The summed E-state index contributed by atoms with van der Waals surface area (Å²) >= 11 is 1.48. The molecule has 0 saturated carbocycles. The Balaban J connectivity index is 1.53. The van der Waals surface area contributed by atoms with Gasteiger partial charge in [-0.1, -0.05) is 48.5 Å². The van der Waals surface area contributed by atoms with E-state index in [4.69, 9.17) is 0 Å². The number of nitrogens with zero attached hydrogens (tertiary/aromatic N) is 5. The number of hydrogen-bond acceptors (Lipinski definition) is 5. The van der Waals surface area contributed by atoms with Crippen LogP contribution in [0.1, 0.15) is 5.69 Å². The molecule has 3 aromatic heterocycles. The predicted octanol–water partition coefficient (Wildman–Crippen LogP) is 3.75. The van der Waals surface area contributed by atoms with Gasteiger partial charge in [0.1, 0.15) is 10.5 Å². The molecule has 0 bridgehead atoms. The molecule has 136 valence electrons. The first-order valence-corrected chi connectivity index (χ1v) is 9.66. The first kappa shape index (κ1) is 16.6. The maximum Gasteiger partial charge on any atom is 0.263 e. The van der Waals surface area contributed by atoms with Crippen molar-refractivity contribution in [2.75, 3.05) is 0 Å². The van der Waals surface area contributed by atoms with Crippen molar-refractivity contribution < 1.29 is 0 Å². The SMILES string of the molecule is O=c1c2c(-c3ccccc3)csc2ncn1Cc1cnn(-c2ccccc2)n1. The Morgan fingerprint density at radius 2 is 1.71 bits per heavy atom. The summed E-state index contributed by atoms with van der Waals surface area (Å²) in [6.45, 7) is 0.318. The fraction of sp³-hybridized carbons (Fsp3) is 0.0476. The van der Waals surface area contributed by atoms with Gasteiger partial charge in [0.25, 0.3) is 5.56 Å². The first-order chi connectivity index (χ1) is 13.8. The first-order valence-electron chi connectivity index (χ1n) is 8.78. The molecule has 0 amide bonds. The lowest BCUT2D eigenvalue weighted by Crippen LogP contribution is -2.21. The van der Waals surface area contributed by atoms with Crippen molar-refractivity contribution in [2.45, 2.75) is 6.54 Å². The normalized spacial score (nSPS) is 11.1. The van der Waals surface area contributed by atoms with Crippen molar-refractivity contribution in [3.63, 3.8) is 0 Å². The van der Waals surface area contributed by atoms with E-state index in [-0.39, 0.29) is 5.56 Å². The highest BCUT2D eigenvalue weighted by Crippen LogP contribution is 2.30. The quantitative estimate of drug-likeness (QED) is 0.473. The van der Waals surface area contributed by atoms with Crippen LogP contribution in [0.15, 0.2) is 83.4 Å². The molecule has 5 aromatic rings. The number of benzene rings is 2. The average molecular weight is 385 g/mol. The molecule has 28 heavy (non-hydrogen) atoms. The Morgan fingerprint density at radius 3 is 2.50 bits per heavy atom. The molecule has 0 aliphatic heterocycles. The molecule has 6 nitrogen and oxygen atoms in total. The molecule has 0 radical (unpaired) electrons. The summed E-state index contributed by atoms with van der Waals surface area (Å²) in [6, 6.07) is 19.6. The van der Waals surface area contributed by atoms with Gasteiger partial charge in [0.05, 0.1) is 30.1 Å². The van der Waals surface area contributed by atoms with Crippen LogP contribution in [0.25, 0.3) is 27.0 Å². The highest BCUT2D eigenvalue weighted by molar-refractivity contribution is 7.17. The van der Waals surface area contributed by atoms with E-state index in [2.05, 4.69) is 15.2 Å². The summed E-state index contributed by atoms with van der Waals surface area (Å²) in [4.78, 5) is 19.9. The largest absolute Gasteiger partial charge is 0.292 e. The van der Waals surface area contributed by atoms with E-state index < -0.39 is 0 Å². The van der Waals surface area contributed by atoms with Crippen LogP contribution in [0.4, 0.5) is 0 Å². The topological polar surface area (TPSA) is 65.6 Å². The fourth-order valence-corrected chi connectivity index (χ4v) is 4.04. The Bertz CT molecular complexity index is 1310. The van der Waals surface area contributed by atoms with Gasteiger partial charge in [-0.25, -0.2) is 4.98 Å². The van der Waals surface area contributed by atoms with Gasteiger partial charge in [-0.15, -0.1) is 11.3 Å². The summed E-state index contributed by atoms with van der Waals surface area (Å²) in [5.41, 5.74) is 3.43. The second-order valence-corrected chi connectivity index (χ2v) is 7.19. The third-order valence-electron chi connectivity index (χ3n) is 4.50. The van der Waals surface area contributed by atoms with Gasteiger partial charge in [-0.3, -0.25) is 9.36 Å². The number of fused-ring (bicyclic) bond motifs is 1. The fourth-order valence-electron chi connectivity index (χ4n) is 3.14. The van der Waals surface area contributed by atoms with Gasteiger partial charge < -0.3 is 0 Å². The van der Waals surface area contributed by atoms with Crippen LogP contribution in [0.5, 0.6) is 0 Å². The van der Waals surface area contributed by atoms with Crippen molar-refractivity contribution in [3.05, 3.63) is 94.6 Å². The number of hydrogen-bond donors (Lipinski definition) is 0. The van der Waals surface area contributed by atoms with Crippen molar-refractivity contribution in [1.82, 2.24) is 24.5 Å². The number of thiophene rings is 1. The number of aromatic nitrogens is 5. The molecule has 0 aliphatic carbocycles. The van der Waals surface area contributed by atoms with Gasteiger partial charge in [0.15, 0.2) is 0 Å². The van der Waals surface area contributed by atoms with Crippen LogP contribution in [0, 0.1) is 0 Å². The molecular weight excluding hydrogens is 370 g/mol.